The van der Waals surface area contributed by atoms with Crippen molar-refractivity contribution in [3.05, 3.63) is 69.0 Å². The van der Waals surface area contributed by atoms with E-state index in [-0.39, 0.29) is 17.6 Å². The van der Waals surface area contributed by atoms with E-state index >= 15 is 0 Å². The first-order chi connectivity index (χ1) is 12.5. The van der Waals surface area contributed by atoms with Crippen LogP contribution in [0.25, 0.3) is 6.08 Å². The Bertz CT molecular complexity index is 915. The van der Waals surface area contributed by atoms with Crippen LogP contribution >= 0.6 is 46.7 Å². The Morgan fingerprint density at radius 3 is 2.65 bits per heavy atom. The molecule has 2 amide bonds. The molecular weight excluding hydrogens is 411 g/mol. The maximum atomic E-state index is 12.0. The van der Waals surface area contributed by atoms with Gasteiger partial charge in [-0.05, 0) is 29.8 Å². The number of anilines is 1. The number of carbonyl (C=O) groups is 2. The first-order valence-electron chi connectivity index (χ1n) is 7.46. The van der Waals surface area contributed by atoms with Crippen LogP contribution in [0.2, 0.25) is 10.0 Å². The topological polar surface area (TPSA) is 58.5 Å². The number of hydrogen-bond donors (Lipinski definition) is 1. The van der Waals surface area contributed by atoms with Gasteiger partial charge in [-0.15, -0.1) is 0 Å². The van der Waals surface area contributed by atoms with E-state index in [1.807, 2.05) is 30.3 Å². The zero-order valence-corrected chi connectivity index (χ0v) is 16.4. The van der Waals surface area contributed by atoms with Gasteiger partial charge in [-0.25, -0.2) is 0 Å². The number of benzene rings is 2. The van der Waals surface area contributed by atoms with Gasteiger partial charge < -0.3 is 5.32 Å². The lowest BCUT2D eigenvalue weighted by Gasteiger charge is -2.06. The summed E-state index contributed by atoms with van der Waals surface area (Å²) in [6, 6.07) is 14.4. The molecule has 0 atom stereocenters. The van der Waals surface area contributed by atoms with Crippen LogP contribution in [0.4, 0.5) is 5.69 Å². The van der Waals surface area contributed by atoms with E-state index in [4.69, 9.17) is 23.2 Å². The van der Waals surface area contributed by atoms with Crippen LogP contribution in [0.1, 0.15) is 5.56 Å². The molecule has 1 aliphatic rings. The quantitative estimate of drug-likeness (QED) is 0.675. The number of thioether (sulfide) groups is 2. The van der Waals surface area contributed by atoms with Crippen molar-refractivity contribution in [3.63, 3.8) is 0 Å². The Kier molecular flexibility index (Phi) is 6.43. The number of carbonyl (C=O) groups excluding carboxylic acids is 2. The minimum atomic E-state index is -0.286. The molecule has 0 radical (unpaired) electrons. The molecule has 0 bridgehead atoms. The van der Waals surface area contributed by atoms with Crippen LogP contribution < -0.4 is 5.32 Å². The molecule has 1 heterocycles. The van der Waals surface area contributed by atoms with Gasteiger partial charge in [0.25, 0.3) is 5.91 Å². The third-order valence-electron chi connectivity index (χ3n) is 3.23. The molecule has 1 N–H and O–H groups in total. The van der Waals surface area contributed by atoms with Crippen molar-refractivity contribution in [3.8, 4) is 0 Å². The number of nitrogens with zero attached hydrogens (tertiary/aromatic N) is 1. The summed E-state index contributed by atoms with van der Waals surface area (Å²) in [5, 5.41) is 3.52. The van der Waals surface area contributed by atoms with Crippen molar-refractivity contribution < 1.29 is 9.59 Å². The lowest BCUT2D eigenvalue weighted by atomic mass is 10.2. The fourth-order valence-electron chi connectivity index (χ4n) is 2.05. The number of aliphatic imine (C=N–C) groups is 1. The van der Waals surface area contributed by atoms with Crippen LogP contribution in [-0.2, 0) is 9.59 Å². The Balaban J connectivity index is 1.54. The van der Waals surface area contributed by atoms with Crippen molar-refractivity contribution in [1.29, 1.82) is 0 Å². The first-order valence-corrected chi connectivity index (χ1v) is 10.0. The third-order valence-corrected chi connectivity index (χ3v) is 6.09. The van der Waals surface area contributed by atoms with E-state index in [0.717, 1.165) is 5.56 Å². The lowest BCUT2D eigenvalue weighted by Crippen LogP contribution is -2.14. The minimum absolute atomic E-state index is 0.137. The summed E-state index contributed by atoms with van der Waals surface area (Å²) >= 11 is 14.3. The molecule has 2 aromatic carbocycles. The molecule has 2 aromatic rings. The molecule has 132 valence electrons. The number of rotatable bonds is 4. The maximum absolute atomic E-state index is 12.0. The molecule has 8 heteroatoms. The average Bonchev–Trinajstić information content (AvgIpc) is 2.97. The second-order valence-electron chi connectivity index (χ2n) is 5.17. The van der Waals surface area contributed by atoms with Gasteiger partial charge in [0.1, 0.15) is 4.38 Å². The largest absolute Gasteiger partial charge is 0.325 e. The molecule has 0 fully saturated rings. The highest BCUT2D eigenvalue weighted by atomic mass is 35.5. The highest BCUT2D eigenvalue weighted by Gasteiger charge is 2.22. The second-order valence-corrected chi connectivity index (χ2v) is 8.24. The van der Waals surface area contributed by atoms with Crippen molar-refractivity contribution >= 4 is 74.7 Å². The summed E-state index contributed by atoms with van der Waals surface area (Å²) in [6.45, 7) is 0. The smallest absolute Gasteiger partial charge is 0.285 e. The van der Waals surface area contributed by atoms with E-state index in [1.165, 1.54) is 23.5 Å². The SMILES string of the molecule is O=C(CSC1=NC(=O)C(=Cc2ccccc2)S1)Nc1ccc(Cl)c(Cl)c1. The summed E-state index contributed by atoms with van der Waals surface area (Å²) in [7, 11) is 0. The average molecular weight is 423 g/mol. The van der Waals surface area contributed by atoms with Crippen LogP contribution in [0, 0.1) is 0 Å². The van der Waals surface area contributed by atoms with Gasteiger partial charge >= 0.3 is 0 Å². The molecule has 4 nitrogen and oxygen atoms in total. The summed E-state index contributed by atoms with van der Waals surface area (Å²) in [5.74, 6) is -0.367. The molecule has 0 aromatic heterocycles. The van der Waals surface area contributed by atoms with Crippen LogP contribution in [-0.4, -0.2) is 21.9 Å². The fourth-order valence-corrected chi connectivity index (χ4v) is 4.15. The Morgan fingerprint density at radius 2 is 1.92 bits per heavy atom. The lowest BCUT2D eigenvalue weighted by molar-refractivity contribution is -0.114. The standard InChI is InChI=1S/C18H12Cl2N2O2S2/c19-13-7-6-12(9-14(13)20)21-16(23)10-25-18-22-17(24)15(26-18)8-11-4-2-1-3-5-11/h1-9H,10H2,(H,21,23). The van der Waals surface area contributed by atoms with Crippen LogP contribution in [0.15, 0.2) is 58.4 Å². The molecule has 1 aliphatic heterocycles. The number of nitrogens with one attached hydrogen (secondary N) is 1. The summed E-state index contributed by atoms with van der Waals surface area (Å²) < 4.78 is 0.557. The van der Waals surface area contributed by atoms with E-state index in [2.05, 4.69) is 10.3 Å². The monoisotopic (exact) mass is 422 g/mol. The van der Waals surface area contributed by atoms with E-state index in [9.17, 15) is 9.59 Å². The van der Waals surface area contributed by atoms with Gasteiger partial charge in [0.2, 0.25) is 5.91 Å². The van der Waals surface area contributed by atoms with Gasteiger partial charge in [-0.2, -0.15) is 4.99 Å². The highest BCUT2D eigenvalue weighted by molar-refractivity contribution is 8.41. The normalized spacial score (nSPS) is 15.2. The summed E-state index contributed by atoms with van der Waals surface area (Å²) in [6.07, 6.45) is 1.79. The predicted molar refractivity (Wildman–Crippen MR) is 112 cm³/mol. The van der Waals surface area contributed by atoms with Gasteiger partial charge in [0.15, 0.2) is 0 Å². The predicted octanol–water partition coefficient (Wildman–Crippen LogP) is 5.34. The molecule has 0 saturated carbocycles. The highest BCUT2D eigenvalue weighted by Crippen LogP contribution is 2.33. The Labute approximate surface area is 169 Å². The molecule has 0 spiro atoms. The van der Waals surface area contributed by atoms with E-state index in [0.29, 0.717) is 25.0 Å². The molecule has 3 rings (SSSR count). The van der Waals surface area contributed by atoms with Crippen LogP contribution in [0.3, 0.4) is 0 Å². The third kappa shape index (κ3) is 5.14. The Hall–Kier alpha value is -1.73. The van der Waals surface area contributed by atoms with E-state index < -0.39 is 0 Å². The molecular formula is C18H12Cl2N2O2S2. The molecule has 26 heavy (non-hydrogen) atoms. The fraction of sp³-hybridized carbons (Fsp3) is 0.0556. The minimum Gasteiger partial charge on any atom is -0.325 e. The summed E-state index contributed by atoms with van der Waals surface area (Å²) in [4.78, 5) is 28.6. The number of amides is 2. The van der Waals surface area contributed by atoms with Gasteiger partial charge in [0.05, 0.1) is 20.7 Å². The summed E-state index contributed by atoms with van der Waals surface area (Å²) in [5.41, 5.74) is 1.49. The van der Waals surface area contributed by atoms with Crippen molar-refractivity contribution in [2.24, 2.45) is 4.99 Å². The van der Waals surface area contributed by atoms with Gasteiger partial charge in [0, 0.05) is 5.69 Å². The number of halogens is 2. The zero-order valence-electron chi connectivity index (χ0n) is 13.2. The number of hydrogen-bond acceptors (Lipinski definition) is 4. The first kappa shape index (κ1) is 19.0. The van der Waals surface area contributed by atoms with Crippen molar-refractivity contribution in [2.75, 3.05) is 11.1 Å². The van der Waals surface area contributed by atoms with Crippen molar-refractivity contribution in [2.45, 2.75) is 0 Å². The second kappa shape index (κ2) is 8.77. The maximum Gasteiger partial charge on any atom is 0.285 e. The molecule has 0 unspecified atom stereocenters. The van der Waals surface area contributed by atoms with E-state index in [1.54, 1.807) is 24.3 Å². The van der Waals surface area contributed by atoms with Crippen LogP contribution in [0.5, 0.6) is 0 Å². The zero-order chi connectivity index (χ0) is 18.5. The Morgan fingerprint density at radius 1 is 1.15 bits per heavy atom. The van der Waals surface area contributed by atoms with Gasteiger partial charge in [-0.1, -0.05) is 77.1 Å². The van der Waals surface area contributed by atoms with Gasteiger partial charge in [-0.3, -0.25) is 9.59 Å². The molecule has 0 saturated heterocycles. The van der Waals surface area contributed by atoms with Crippen molar-refractivity contribution in [1.82, 2.24) is 0 Å². The molecule has 0 aliphatic carbocycles.